The number of carbonyl (C=O) groups is 1. The Morgan fingerprint density at radius 1 is 1.56 bits per heavy atom. The summed E-state index contributed by atoms with van der Waals surface area (Å²) in [6, 6.07) is 3.08. The second-order valence-corrected chi connectivity index (χ2v) is 4.14. The monoisotopic (exact) mass is 219 g/mol. The summed E-state index contributed by atoms with van der Waals surface area (Å²) in [5.41, 5.74) is -0.0463. The maximum absolute atomic E-state index is 11.4. The van der Waals surface area contributed by atoms with Gasteiger partial charge in [-0.3, -0.25) is 5.32 Å². The molecule has 0 bridgehead atoms. The minimum atomic E-state index is -0.547. The standard InChI is InChI=1S/C11H13N3O2/c1-11(2,3)16-10(15)14-8-5-6-13-9(7-8)12-4/h5-7H,1-3H3,(H,13,14,15). The van der Waals surface area contributed by atoms with Crippen molar-refractivity contribution >= 4 is 17.6 Å². The highest BCUT2D eigenvalue weighted by molar-refractivity contribution is 5.85. The molecule has 0 fully saturated rings. The van der Waals surface area contributed by atoms with E-state index >= 15 is 0 Å². The van der Waals surface area contributed by atoms with E-state index in [1.165, 1.54) is 12.3 Å². The molecule has 0 aliphatic rings. The van der Waals surface area contributed by atoms with Crippen molar-refractivity contribution in [3.63, 3.8) is 0 Å². The molecular weight excluding hydrogens is 206 g/mol. The van der Waals surface area contributed by atoms with Crippen LogP contribution in [0.1, 0.15) is 20.8 Å². The Balaban J connectivity index is 2.67. The van der Waals surface area contributed by atoms with Crippen LogP contribution in [0.25, 0.3) is 4.85 Å². The molecular formula is C11H13N3O2. The molecule has 0 unspecified atom stereocenters. The van der Waals surface area contributed by atoms with Crippen LogP contribution in [0, 0.1) is 6.57 Å². The van der Waals surface area contributed by atoms with Crippen LogP contribution in [0.5, 0.6) is 0 Å². The summed E-state index contributed by atoms with van der Waals surface area (Å²) in [5.74, 6) is 0.230. The van der Waals surface area contributed by atoms with Gasteiger partial charge in [-0.15, -0.1) is 4.98 Å². The van der Waals surface area contributed by atoms with Gasteiger partial charge in [0.1, 0.15) is 11.8 Å². The van der Waals surface area contributed by atoms with Crippen LogP contribution in [0.3, 0.4) is 0 Å². The van der Waals surface area contributed by atoms with Gasteiger partial charge in [0.25, 0.3) is 5.82 Å². The fraction of sp³-hybridized carbons (Fsp3) is 0.364. The van der Waals surface area contributed by atoms with Crippen molar-refractivity contribution in [1.82, 2.24) is 4.98 Å². The van der Waals surface area contributed by atoms with Crippen molar-refractivity contribution in [3.8, 4) is 0 Å². The van der Waals surface area contributed by atoms with E-state index in [4.69, 9.17) is 11.3 Å². The molecule has 1 amide bonds. The lowest BCUT2D eigenvalue weighted by atomic mass is 10.2. The predicted molar refractivity (Wildman–Crippen MR) is 60.4 cm³/mol. The number of aromatic nitrogens is 1. The first kappa shape index (κ1) is 12.0. The molecule has 0 saturated carbocycles. The third-order valence-corrected chi connectivity index (χ3v) is 1.51. The summed E-state index contributed by atoms with van der Waals surface area (Å²) in [7, 11) is 0. The number of nitrogens with one attached hydrogen (secondary N) is 1. The van der Waals surface area contributed by atoms with Crippen LogP contribution in [0.4, 0.5) is 16.3 Å². The lowest BCUT2D eigenvalue weighted by Gasteiger charge is -2.19. The lowest BCUT2D eigenvalue weighted by molar-refractivity contribution is 0.0636. The average molecular weight is 219 g/mol. The molecule has 0 atom stereocenters. The Morgan fingerprint density at radius 2 is 2.25 bits per heavy atom. The van der Waals surface area contributed by atoms with Crippen LogP contribution in [0.15, 0.2) is 18.3 Å². The van der Waals surface area contributed by atoms with Crippen LogP contribution < -0.4 is 5.32 Å². The molecule has 0 radical (unpaired) electrons. The summed E-state index contributed by atoms with van der Waals surface area (Å²) < 4.78 is 5.07. The molecule has 1 aromatic heterocycles. The number of carbonyl (C=O) groups excluding carboxylic acids is 1. The largest absolute Gasteiger partial charge is 0.444 e. The van der Waals surface area contributed by atoms with Crippen LogP contribution in [-0.4, -0.2) is 16.7 Å². The van der Waals surface area contributed by atoms with Gasteiger partial charge in [0.15, 0.2) is 0 Å². The van der Waals surface area contributed by atoms with Gasteiger partial charge in [0, 0.05) is 11.8 Å². The molecule has 5 nitrogen and oxygen atoms in total. The van der Waals surface area contributed by atoms with Gasteiger partial charge in [-0.2, -0.15) is 0 Å². The van der Waals surface area contributed by atoms with Crippen LogP contribution >= 0.6 is 0 Å². The molecule has 1 heterocycles. The summed E-state index contributed by atoms with van der Waals surface area (Å²) in [6.07, 6.45) is 0.912. The predicted octanol–water partition coefficient (Wildman–Crippen LogP) is 2.98. The Labute approximate surface area is 94.3 Å². The number of anilines is 1. The Hall–Kier alpha value is -2.09. The number of pyridine rings is 1. The Bertz CT molecular complexity index is 430. The number of hydrogen-bond donors (Lipinski definition) is 1. The van der Waals surface area contributed by atoms with E-state index in [0.717, 1.165) is 0 Å². The first-order valence-electron chi connectivity index (χ1n) is 4.74. The fourth-order valence-electron chi connectivity index (χ4n) is 0.979. The van der Waals surface area contributed by atoms with Crippen molar-refractivity contribution in [3.05, 3.63) is 29.7 Å². The zero-order chi connectivity index (χ0) is 12.2. The zero-order valence-corrected chi connectivity index (χ0v) is 9.44. The van der Waals surface area contributed by atoms with E-state index in [0.29, 0.717) is 5.69 Å². The van der Waals surface area contributed by atoms with Crippen molar-refractivity contribution in [2.45, 2.75) is 26.4 Å². The lowest BCUT2D eigenvalue weighted by Crippen LogP contribution is -2.27. The van der Waals surface area contributed by atoms with Gasteiger partial charge in [-0.05, 0) is 26.8 Å². The van der Waals surface area contributed by atoms with E-state index in [-0.39, 0.29) is 5.82 Å². The van der Waals surface area contributed by atoms with E-state index in [1.807, 2.05) is 0 Å². The van der Waals surface area contributed by atoms with Gasteiger partial charge in [0.05, 0.1) is 0 Å². The van der Waals surface area contributed by atoms with Crippen molar-refractivity contribution in [2.24, 2.45) is 0 Å². The van der Waals surface area contributed by atoms with E-state index in [1.54, 1.807) is 26.8 Å². The first-order valence-corrected chi connectivity index (χ1v) is 4.74. The Kier molecular flexibility index (Phi) is 3.46. The van der Waals surface area contributed by atoms with Gasteiger partial charge in [-0.1, -0.05) is 6.57 Å². The molecule has 84 valence electrons. The highest BCUT2D eigenvalue weighted by Gasteiger charge is 2.16. The van der Waals surface area contributed by atoms with Gasteiger partial charge in [0.2, 0.25) is 0 Å². The number of rotatable bonds is 1. The second-order valence-electron chi connectivity index (χ2n) is 4.14. The molecule has 1 N–H and O–H groups in total. The highest BCUT2D eigenvalue weighted by atomic mass is 16.6. The number of amides is 1. The molecule has 16 heavy (non-hydrogen) atoms. The number of ether oxygens (including phenoxy) is 1. The molecule has 0 aliphatic heterocycles. The van der Waals surface area contributed by atoms with Gasteiger partial charge < -0.3 is 9.58 Å². The van der Waals surface area contributed by atoms with E-state index in [2.05, 4.69) is 15.1 Å². The molecule has 0 aliphatic carbocycles. The zero-order valence-electron chi connectivity index (χ0n) is 9.44. The van der Waals surface area contributed by atoms with Gasteiger partial charge >= 0.3 is 6.09 Å². The van der Waals surface area contributed by atoms with E-state index < -0.39 is 11.7 Å². The third-order valence-electron chi connectivity index (χ3n) is 1.51. The number of nitrogens with zero attached hydrogens (tertiary/aromatic N) is 2. The SMILES string of the molecule is [C-]#[N+]c1cc(NC(=O)OC(C)(C)C)ccn1. The van der Waals surface area contributed by atoms with Gasteiger partial charge in [-0.25, -0.2) is 4.79 Å². The van der Waals surface area contributed by atoms with Crippen molar-refractivity contribution < 1.29 is 9.53 Å². The minimum absolute atomic E-state index is 0.230. The van der Waals surface area contributed by atoms with Crippen molar-refractivity contribution in [1.29, 1.82) is 0 Å². The smallest absolute Gasteiger partial charge is 0.412 e. The Morgan fingerprint density at radius 3 is 2.81 bits per heavy atom. The average Bonchev–Trinajstić information content (AvgIpc) is 2.15. The second kappa shape index (κ2) is 4.62. The first-order chi connectivity index (χ1) is 7.40. The number of hydrogen-bond acceptors (Lipinski definition) is 3. The topological polar surface area (TPSA) is 55.6 Å². The summed E-state index contributed by atoms with van der Waals surface area (Å²) in [6.45, 7) is 12.1. The van der Waals surface area contributed by atoms with Crippen molar-refractivity contribution in [2.75, 3.05) is 5.32 Å². The molecule has 1 rings (SSSR count). The molecule has 0 aromatic carbocycles. The van der Waals surface area contributed by atoms with E-state index in [9.17, 15) is 4.79 Å². The normalized spacial score (nSPS) is 10.4. The maximum Gasteiger partial charge on any atom is 0.412 e. The third kappa shape index (κ3) is 3.96. The fourth-order valence-corrected chi connectivity index (χ4v) is 0.979. The van der Waals surface area contributed by atoms with Crippen LogP contribution in [-0.2, 0) is 4.74 Å². The minimum Gasteiger partial charge on any atom is -0.444 e. The molecule has 1 aromatic rings. The maximum atomic E-state index is 11.4. The summed E-state index contributed by atoms with van der Waals surface area (Å²) in [5, 5.41) is 2.53. The molecule has 5 heteroatoms. The van der Waals surface area contributed by atoms with Crippen LogP contribution in [0.2, 0.25) is 0 Å². The summed E-state index contributed by atoms with van der Waals surface area (Å²) >= 11 is 0. The molecule has 0 saturated heterocycles. The summed E-state index contributed by atoms with van der Waals surface area (Å²) in [4.78, 5) is 18.3. The quantitative estimate of drug-likeness (QED) is 0.739. The molecule has 0 spiro atoms. The highest BCUT2D eigenvalue weighted by Crippen LogP contribution is 2.15.